The van der Waals surface area contributed by atoms with Crippen molar-refractivity contribution in [1.29, 1.82) is 0 Å². The Hall–Kier alpha value is -3.03. The molecule has 0 fully saturated rings. The number of ether oxygens (including phenoxy) is 2. The molecule has 1 atom stereocenters. The highest BCUT2D eigenvalue weighted by Gasteiger charge is 2.35. The van der Waals surface area contributed by atoms with E-state index in [1.54, 1.807) is 45.0 Å². The van der Waals surface area contributed by atoms with Gasteiger partial charge in [0, 0.05) is 13.0 Å². The zero-order valence-electron chi connectivity index (χ0n) is 17.9. The molecule has 0 aliphatic heterocycles. The molecule has 0 unspecified atom stereocenters. The van der Waals surface area contributed by atoms with Gasteiger partial charge in [-0.25, -0.2) is 9.59 Å². The molecule has 5 nitrogen and oxygen atoms in total. The lowest BCUT2D eigenvalue weighted by Crippen LogP contribution is -2.48. The third-order valence-electron chi connectivity index (χ3n) is 4.38. The van der Waals surface area contributed by atoms with Gasteiger partial charge < -0.3 is 9.47 Å². The first-order valence-electron chi connectivity index (χ1n) is 9.68. The van der Waals surface area contributed by atoms with Gasteiger partial charge in [-0.1, -0.05) is 42.5 Å². The minimum absolute atomic E-state index is 0.0309. The van der Waals surface area contributed by atoms with E-state index in [4.69, 9.17) is 9.47 Å². The van der Waals surface area contributed by atoms with E-state index in [9.17, 15) is 22.8 Å². The van der Waals surface area contributed by atoms with Crippen molar-refractivity contribution in [3.05, 3.63) is 71.3 Å². The molecule has 0 radical (unpaired) electrons. The number of hydrogen-bond acceptors (Lipinski definition) is 4. The van der Waals surface area contributed by atoms with E-state index in [2.05, 4.69) is 0 Å². The Balaban J connectivity index is 2.37. The fraction of sp³-hybridized carbons (Fsp3) is 0.391. The highest BCUT2D eigenvalue weighted by atomic mass is 19.4. The number of esters is 1. The lowest BCUT2D eigenvalue weighted by molar-refractivity contribution is -0.147. The molecule has 0 heterocycles. The Kier molecular flexibility index (Phi) is 7.70. The zero-order chi connectivity index (χ0) is 23.2. The summed E-state index contributed by atoms with van der Waals surface area (Å²) in [7, 11) is 1.19. The van der Waals surface area contributed by atoms with Crippen molar-refractivity contribution in [2.75, 3.05) is 7.11 Å². The molecule has 0 bridgehead atoms. The molecule has 8 heteroatoms. The number of halogens is 3. The van der Waals surface area contributed by atoms with Gasteiger partial charge in [-0.2, -0.15) is 13.2 Å². The molecule has 168 valence electrons. The predicted octanol–water partition coefficient (Wildman–Crippen LogP) is 5.23. The van der Waals surface area contributed by atoms with Gasteiger partial charge in [-0.3, -0.25) is 4.90 Å². The fourth-order valence-corrected chi connectivity index (χ4v) is 2.91. The highest BCUT2D eigenvalue weighted by molar-refractivity contribution is 5.82. The van der Waals surface area contributed by atoms with Gasteiger partial charge in [0.2, 0.25) is 0 Å². The summed E-state index contributed by atoms with van der Waals surface area (Å²) < 4.78 is 48.9. The van der Waals surface area contributed by atoms with Crippen molar-refractivity contribution >= 4 is 12.1 Å². The molecule has 2 aromatic rings. The Morgan fingerprint density at radius 2 is 1.52 bits per heavy atom. The summed E-state index contributed by atoms with van der Waals surface area (Å²) in [5.41, 5.74) is -0.389. The zero-order valence-corrected chi connectivity index (χ0v) is 17.9. The molecule has 0 aliphatic carbocycles. The van der Waals surface area contributed by atoms with Gasteiger partial charge >= 0.3 is 18.2 Å². The van der Waals surface area contributed by atoms with E-state index < -0.39 is 35.4 Å². The first-order valence-corrected chi connectivity index (χ1v) is 9.68. The van der Waals surface area contributed by atoms with Crippen LogP contribution in [0.3, 0.4) is 0 Å². The van der Waals surface area contributed by atoms with Crippen LogP contribution in [0.25, 0.3) is 0 Å². The Bertz CT molecular complexity index is 874. The second kappa shape index (κ2) is 9.85. The number of alkyl halides is 3. The number of nitrogens with zero attached hydrogens (tertiary/aromatic N) is 1. The van der Waals surface area contributed by atoms with Crippen LogP contribution in [0.1, 0.15) is 37.5 Å². The van der Waals surface area contributed by atoms with Crippen LogP contribution in [-0.2, 0) is 33.4 Å². The number of carbonyl (C=O) groups excluding carboxylic acids is 2. The number of benzene rings is 2. The standard InChI is InChI=1S/C23H26F3NO4/c1-22(2,3)31-21(29)27(15-17-8-6-5-7-9-17)19(20(28)30-4)14-16-10-12-18(13-11-16)23(24,25)26/h5-13,19H,14-15H2,1-4H3/t19-/m0/s1. The first-order chi connectivity index (χ1) is 14.4. The lowest BCUT2D eigenvalue weighted by atomic mass is 10.0. The highest BCUT2D eigenvalue weighted by Crippen LogP contribution is 2.29. The Labute approximate surface area is 179 Å². The number of hydrogen-bond donors (Lipinski definition) is 0. The van der Waals surface area contributed by atoms with E-state index in [0.29, 0.717) is 5.56 Å². The molecule has 0 N–H and O–H groups in total. The summed E-state index contributed by atoms with van der Waals surface area (Å²) in [6, 6.07) is 12.4. The summed E-state index contributed by atoms with van der Waals surface area (Å²) in [5, 5.41) is 0. The lowest BCUT2D eigenvalue weighted by Gasteiger charge is -2.32. The second-order valence-corrected chi connectivity index (χ2v) is 8.03. The topological polar surface area (TPSA) is 55.8 Å². The van der Waals surface area contributed by atoms with Crippen molar-refractivity contribution in [1.82, 2.24) is 4.90 Å². The molecule has 0 saturated heterocycles. The van der Waals surface area contributed by atoms with Crippen LogP contribution in [0.15, 0.2) is 54.6 Å². The van der Waals surface area contributed by atoms with Crippen LogP contribution in [0, 0.1) is 0 Å². The number of rotatable bonds is 6. The minimum Gasteiger partial charge on any atom is -0.467 e. The van der Waals surface area contributed by atoms with E-state index in [1.165, 1.54) is 24.1 Å². The number of amides is 1. The molecule has 2 aromatic carbocycles. The number of methoxy groups -OCH3 is 1. The Morgan fingerprint density at radius 1 is 0.935 bits per heavy atom. The Morgan fingerprint density at radius 3 is 2.00 bits per heavy atom. The maximum atomic E-state index is 12.9. The summed E-state index contributed by atoms with van der Waals surface area (Å²) in [5.74, 6) is -0.693. The van der Waals surface area contributed by atoms with Gasteiger partial charge in [0.15, 0.2) is 0 Å². The summed E-state index contributed by atoms with van der Waals surface area (Å²) in [6.45, 7) is 5.17. The molecule has 0 saturated carbocycles. The van der Waals surface area contributed by atoms with Crippen molar-refractivity contribution in [3.8, 4) is 0 Å². The smallest absolute Gasteiger partial charge is 0.416 e. The predicted molar refractivity (Wildman–Crippen MR) is 109 cm³/mol. The molecule has 0 aliphatic rings. The second-order valence-electron chi connectivity index (χ2n) is 8.03. The summed E-state index contributed by atoms with van der Waals surface area (Å²) in [6.07, 6.45) is -5.22. The molecule has 0 spiro atoms. The molecule has 2 rings (SSSR count). The average Bonchev–Trinajstić information content (AvgIpc) is 2.69. The minimum atomic E-state index is -4.46. The normalized spacial score (nSPS) is 12.7. The maximum Gasteiger partial charge on any atom is 0.416 e. The van der Waals surface area contributed by atoms with Crippen molar-refractivity contribution < 1.29 is 32.2 Å². The van der Waals surface area contributed by atoms with E-state index >= 15 is 0 Å². The van der Waals surface area contributed by atoms with Gasteiger partial charge in [-0.05, 0) is 44.0 Å². The monoisotopic (exact) mass is 437 g/mol. The third-order valence-corrected chi connectivity index (χ3v) is 4.38. The molecular weight excluding hydrogens is 411 g/mol. The van der Waals surface area contributed by atoms with Crippen molar-refractivity contribution in [2.24, 2.45) is 0 Å². The maximum absolute atomic E-state index is 12.9. The molecule has 1 amide bonds. The molecular formula is C23H26F3NO4. The van der Waals surface area contributed by atoms with Gasteiger partial charge in [0.05, 0.1) is 12.7 Å². The summed E-state index contributed by atoms with van der Waals surface area (Å²) in [4.78, 5) is 26.8. The van der Waals surface area contributed by atoms with Crippen molar-refractivity contribution in [3.63, 3.8) is 0 Å². The van der Waals surface area contributed by atoms with Gasteiger partial charge in [0.25, 0.3) is 0 Å². The first kappa shape index (κ1) is 24.2. The van der Waals surface area contributed by atoms with Crippen LogP contribution >= 0.6 is 0 Å². The van der Waals surface area contributed by atoms with E-state index in [0.717, 1.165) is 17.7 Å². The fourth-order valence-electron chi connectivity index (χ4n) is 2.91. The van der Waals surface area contributed by atoms with E-state index in [-0.39, 0.29) is 13.0 Å². The quantitative estimate of drug-likeness (QED) is 0.581. The molecule has 31 heavy (non-hydrogen) atoms. The van der Waals surface area contributed by atoms with Gasteiger partial charge in [0.1, 0.15) is 11.6 Å². The van der Waals surface area contributed by atoms with Crippen LogP contribution < -0.4 is 0 Å². The van der Waals surface area contributed by atoms with Crippen molar-refractivity contribution in [2.45, 2.75) is 51.6 Å². The number of carbonyl (C=O) groups is 2. The average molecular weight is 437 g/mol. The summed E-state index contributed by atoms with van der Waals surface area (Å²) >= 11 is 0. The molecule has 0 aromatic heterocycles. The SMILES string of the molecule is COC(=O)[C@H](Cc1ccc(C(F)(F)F)cc1)N(Cc1ccccc1)C(=O)OC(C)(C)C. The van der Waals surface area contributed by atoms with Crippen LogP contribution in [-0.4, -0.2) is 35.7 Å². The third kappa shape index (κ3) is 7.31. The van der Waals surface area contributed by atoms with Crippen LogP contribution in [0.2, 0.25) is 0 Å². The van der Waals surface area contributed by atoms with E-state index in [1.807, 2.05) is 6.07 Å². The largest absolute Gasteiger partial charge is 0.467 e. The van der Waals surface area contributed by atoms with Crippen LogP contribution in [0.4, 0.5) is 18.0 Å². The van der Waals surface area contributed by atoms with Gasteiger partial charge in [-0.15, -0.1) is 0 Å². The van der Waals surface area contributed by atoms with Crippen LogP contribution in [0.5, 0.6) is 0 Å².